The Hall–Kier alpha value is -4.20. The van der Waals surface area contributed by atoms with Gasteiger partial charge in [0.1, 0.15) is 22.3 Å². The summed E-state index contributed by atoms with van der Waals surface area (Å²) in [4.78, 5) is 25.1. The third-order valence-corrected chi connectivity index (χ3v) is 8.00. The highest BCUT2D eigenvalue weighted by Gasteiger charge is 2.36. The van der Waals surface area contributed by atoms with Crippen LogP contribution in [0.3, 0.4) is 0 Å². The Kier molecular flexibility index (Phi) is 8.85. The van der Waals surface area contributed by atoms with Crippen LogP contribution >= 0.6 is 19.6 Å². The molecule has 1 amide bonds. The maximum atomic E-state index is 14.0. The van der Waals surface area contributed by atoms with Gasteiger partial charge in [-0.25, -0.2) is 9.97 Å². The molecule has 4 aromatic rings. The first-order chi connectivity index (χ1) is 20.6. The van der Waals surface area contributed by atoms with Crippen LogP contribution in [0.5, 0.6) is 5.75 Å². The lowest BCUT2D eigenvalue weighted by molar-refractivity contribution is -0.137. The van der Waals surface area contributed by atoms with Crippen molar-refractivity contribution in [1.82, 2.24) is 30.0 Å². The number of nitrogens with zero attached hydrogens (tertiary/aromatic N) is 5. The van der Waals surface area contributed by atoms with E-state index in [1.54, 1.807) is 18.2 Å². The summed E-state index contributed by atoms with van der Waals surface area (Å²) >= 11 is 6.55. The first-order valence-electron chi connectivity index (χ1n) is 12.8. The smallest absolute Gasteiger partial charge is 0.421 e. The minimum Gasteiger partial charge on any atom is -0.495 e. The zero-order valence-corrected chi connectivity index (χ0v) is 24.5. The van der Waals surface area contributed by atoms with Crippen molar-refractivity contribution in [3.8, 4) is 17.0 Å². The minimum atomic E-state index is -4.83. The van der Waals surface area contributed by atoms with Crippen molar-refractivity contribution in [1.29, 1.82) is 0 Å². The monoisotopic (exact) mass is 636 g/mol. The number of alkyl halides is 3. The van der Waals surface area contributed by atoms with E-state index >= 15 is 0 Å². The Bertz CT molecular complexity index is 1700. The number of aromatic nitrogens is 5. The molecule has 0 radical (unpaired) electrons. The van der Waals surface area contributed by atoms with E-state index in [0.717, 1.165) is 0 Å². The molecule has 4 aliphatic rings. The van der Waals surface area contributed by atoms with Gasteiger partial charge in [-0.1, -0.05) is 17.7 Å². The second kappa shape index (κ2) is 12.6. The van der Waals surface area contributed by atoms with E-state index in [0.29, 0.717) is 41.7 Å². The number of hydrogen-bond acceptors (Lipinski definition) is 10. The summed E-state index contributed by atoms with van der Waals surface area (Å²) in [7, 11) is 0.331. The standard InChI is InChI=1S/C26H25ClF3N8O4P/c1-31-24(39)21-19-7-6-17(34-21)15-11-33-38(22(15)27)8-3-9-42-43(40)13-14-4-5-18(20(10-14)41-2)36-25-32-12-16(26(28,29)30)23(35-19)37-25/h4-7,10-12,43H,3,8-9,13H2,1-2H3,(H,31,39)(H2,32,35,36,37). The molecule has 7 heterocycles. The molecule has 3 N–H and O–H groups in total. The van der Waals surface area contributed by atoms with Crippen LogP contribution in [-0.2, 0) is 28.0 Å². The Morgan fingerprint density at radius 1 is 1.16 bits per heavy atom. The molecule has 8 rings (SSSR count). The van der Waals surface area contributed by atoms with Gasteiger partial charge in [0.15, 0.2) is 13.7 Å². The van der Waals surface area contributed by atoms with E-state index < -0.39 is 31.5 Å². The van der Waals surface area contributed by atoms with Crippen molar-refractivity contribution in [3.05, 3.63) is 64.7 Å². The van der Waals surface area contributed by atoms with Crippen molar-refractivity contribution < 1.29 is 31.8 Å². The van der Waals surface area contributed by atoms with Gasteiger partial charge in [0.2, 0.25) is 5.95 Å². The van der Waals surface area contributed by atoms with Crippen molar-refractivity contribution >= 4 is 48.7 Å². The van der Waals surface area contributed by atoms with Gasteiger partial charge in [0, 0.05) is 26.0 Å². The van der Waals surface area contributed by atoms with E-state index in [-0.39, 0.29) is 40.9 Å². The summed E-state index contributed by atoms with van der Waals surface area (Å²) < 4.78 is 67.1. The van der Waals surface area contributed by atoms with Gasteiger partial charge in [-0.05, 0) is 36.2 Å². The number of aryl methyl sites for hydroxylation is 1. The summed E-state index contributed by atoms with van der Waals surface area (Å²) in [6.45, 7) is 0.549. The van der Waals surface area contributed by atoms with E-state index in [1.807, 2.05) is 0 Å². The van der Waals surface area contributed by atoms with E-state index in [9.17, 15) is 22.5 Å². The number of carbonyl (C=O) groups excluding carboxylic acids is 1. The Morgan fingerprint density at radius 3 is 2.70 bits per heavy atom. The van der Waals surface area contributed by atoms with Gasteiger partial charge < -0.3 is 25.2 Å². The molecule has 12 nitrogen and oxygen atoms in total. The highest BCUT2D eigenvalue weighted by Crippen LogP contribution is 2.38. The van der Waals surface area contributed by atoms with E-state index in [2.05, 4.69) is 36.0 Å². The summed E-state index contributed by atoms with van der Waals surface area (Å²) in [5, 5.41) is 12.4. The van der Waals surface area contributed by atoms with Gasteiger partial charge >= 0.3 is 6.18 Å². The second-order valence-corrected chi connectivity index (χ2v) is 11.0. The highest BCUT2D eigenvalue weighted by atomic mass is 35.5. The first kappa shape index (κ1) is 30.3. The van der Waals surface area contributed by atoms with Gasteiger partial charge in [-0.3, -0.25) is 14.0 Å². The van der Waals surface area contributed by atoms with Crippen molar-refractivity contribution in [3.63, 3.8) is 0 Å². The number of nitrogens with one attached hydrogen (secondary N) is 3. The number of amides is 1. The van der Waals surface area contributed by atoms with Gasteiger partial charge in [-0.2, -0.15) is 23.3 Å². The molecule has 3 aromatic heterocycles. The summed E-state index contributed by atoms with van der Waals surface area (Å²) in [5.41, 5.74) is 0.265. The number of methoxy groups -OCH3 is 1. The lowest BCUT2D eigenvalue weighted by Gasteiger charge is -2.17. The maximum Gasteiger partial charge on any atom is 0.421 e. The molecule has 1 aromatic carbocycles. The van der Waals surface area contributed by atoms with Crippen LogP contribution in [0.1, 0.15) is 28.0 Å². The largest absolute Gasteiger partial charge is 0.495 e. The molecule has 1 unspecified atom stereocenters. The highest BCUT2D eigenvalue weighted by molar-refractivity contribution is 7.38. The third kappa shape index (κ3) is 6.74. The first-order valence-corrected chi connectivity index (χ1v) is 14.7. The quantitative estimate of drug-likeness (QED) is 0.236. The molecule has 0 aliphatic carbocycles. The fourth-order valence-corrected chi connectivity index (χ4v) is 5.56. The minimum absolute atomic E-state index is 0.0433. The number of rotatable bonds is 2. The lowest BCUT2D eigenvalue weighted by atomic mass is 10.1. The fourth-order valence-electron chi connectivity index (χ4n) is 4.26. The molecule has 17 heteroatoms. The molecule has 226 valence electrons. The second-order valence-electron chi connectivity index (χ2n) is 9.23. The molecule has 0 fully saturated rings. The summed E-state index contributed by atoms with van der Waals surface area (Å²) in [6, 6.07) is 7.81. The van der Waals surface area contributed by atoms with E-state index in [1.165, 1.54) is 37.2 Å². The molecule has 43 heavy (non-hydrogen) atoms. The zero-order chi connectivity index (χ0) is 30.7. The van der Waals surface area contributed by atoms with Gasteiger partial charge in [-0.15, -0.1) is 0 Å². The van der Waals surface area contributed by atoms with Crippen molar-refractivity contribution in [2.75, 3.05) is 31.4 Å². The molecular formula is C26H25ClF3N8O4P. The summed E-state index contributed by atoms with van der Waals surface area (Å²) in [5.74, 6) is -1.16. The van der Waals surface area contributed by atoms with Crippen molar-refractivity contribution in [2.45, 2.75) is 25.3 Å². The number of halogens is 4. The molecule has 0 saturated carbocycles. The fraction of sp³-hybridized carbons (Fsp3) is 0.269. The average Bonchev–Trinajstić information content (AvgIpc) is 3.34. The predicted molar refractivity (Wildman–Crippen MR) is 154 cm³/mol. The number of benzene rings is 1. The third-order valence-electron chi connectivity index (χ3n) is 6.37. The van der Waals surface area contributed by atoms with Gasteiger partial charge in [0.25, 0.3) is 5.91 Å². The number of anilines is 4. The SMILES string of the molecule is CNC(=O)c1nc2ccc1Nc1nc(ncc1C(F)(F)F)Nc1ccc(cc1OC)C[PH](=O)OCCCn1ncc-2c1Cl. The van der Waals surface area contributed by atoms with Crippen LogP contribution in [0.25, 0.3) is 11.3 Å². The number of ether oxygens (including phenoxy) is 1. The molecule has 4 aliphatic heterocycles. The molecule has 1 atom stereocenters. The van der Waals surface area contributed by atoms with Crippen LogP contribution < -0.4 is 20.7 Å². The van der Waals surface area contributed by atoms with Crippen molar-refractivity contribution in [2.24, 2.45) is 0 Å². The number of hydrogen-bond donors (Lipinski definition) is 3. The number of pyridine rings is 1. The van der Waals surface area contributed by atoms with Crippen LogP contribution in [-0.4, -0.2) is 51.4 Å². The van der Waals surface area contributed by atoms with Crippen LogP contribution in [0, 0.1) is 0 Å². The molecule has 0 spiro atoms. The maximum absolute atomic E-state index is 14.0. The number of carbonyl (C=O) groups is 1. The topological polar surface area (TPSA) is 145 Å². The Labute approximate surface area is 248 Å². The van der Waals surface area contributed by atoms with Gasteiger partial charge in [0.05, 0.1) is 42.5 Å². The lowest BCUT2D eigenvalue weighted by Crippen LogP contribution is -2.21. The normalized spacial score (nSPS) is 15.5. The summed E-state index contributed by atoms with van der Waals surface area (Å²) in [6.07, 6.45) is -2.13. The van der Waals surface area contributed by atoms with Crippen LogP contribution in [0.2, 0.25) is 5.15 Å². The Morgan fingerprint density at radius 2 is 1.95 bits per heavy atom. The Balaban J connectivity index is 1.63. The van der Waals surface area contributed by atoms with E-state index in [4.69, 9.17) is 20.9 Å². The average molecular weight is 637 g/mol. The van der Waals surface area contributed by atoms with Crippen LogP contribution in [0.4, 0.5) is 36.3 Å². The zero-order valence-electron chi connectivity index (χ0n) is 22.8. The molecule has 8 bridgehead atoms. The predicted octanol–water partition coefficient (Wildman–Crippen LogP) is 5.66. The molecule has 0 saturated heterocycles. The molecular weight excluding hydrogens is 612 g/mol. The van der Waals surface area contributed by atoms with Crippen LogP contribution in [0.15, 0.2) is 42.7 Å².